The van der Waals surface area contributed by atoms with Gasteiger partial charge in [0.15, 0.2) is 5.78 Å². The minimum atomic E-state index is -3.67. The Morgan fingerprint density at radius 2 is 2.00 bits per heavy atom. The zero-order valence-corrected chi connectivity index (χ0v) is 12.4. The summed E-state index contributed by atoms with van der Waals surface area (Å²) in [4.78, 5) is 11.0. The number of ketones is 1. The van der Waals surface area contributed by atoms with E-state index in [9.17, 15) is 13.2 Å². The van der Waals surface area contributed by atoms with Crippen LogP contribution in [-0.4, -0.2) is 39.1 Å². The Kier molecular flexibility index (Phi) is 6.88. The molecular formula is C14H17NO5S. The number of aliphatic hydroxyl groups is 1. The van der Waals surface area contributed by atoms with E-state index in [4.69, 9.17) is 9.84 Å². The largest absolute Gasteiger partial charge is 0.481 e. The molecule has 0 aromatic heterocycles. The van der Waals surface area contributed by atoms with Gasteiger partial charge in [-0.2, -0.15) is 0 Å². The molecule has 1 rings (SSSR count). The van der Waals surface area contributed by atoms with Crippen molar-refractivity contribution in [1.82, 2.24) is 4.72 Å². The first kappa shape index (κ1) is 17.2. The Hall–Kier alpha value is -1.88. The van der Waals surface area contributed by atoms with Gasteiger partial charge in [0.2, 0.25) is 10.0 Å². The number of Topliss-reactive ketones (excluding diaryl/α,β-unsaturated/α-hetero) is 1. The zero-order chi connectivity index (χ0) is 15.7. The molecule has 0 amide bonds. The topological polar surface area (TPSA) is 92.7 Å². The van der Waals surface area contributed by atoms with Crippen LogP contribution in [0.5, 0.6) is 5.75 Å². The second-order valence-corrected chi connectivity index (χ2v) is 5.80. The molecule has 6 nitrogen and oxygen atoms in total. The summed E-state index contributed by atoms with van der Waals surface area (Å²) in [6, 6.07) is 5.88. The molecule has 0 saturated heterocycles. The molecule has 0 atom stereocenters. The average Bonchev–Trinajstić information content (AvgIpc) is 2.47. The number of carbonyl (C=O) groups is 1. The van der Waals surface area contributed by atoms with E-state index < -0.39 is 22.4 Å². The number of nitrogens with one attached hydrogen (secondary N) is 1. The average molecular weight is 311 g/mol. The molecule has 0 aliphatic heterocycles. The maximum atomic E-state index is 11.9. The Balaban J connectivity index is 2.62. The van der Waals surface area contributed by atoms with Gasteiger partial charge in [0.1, 0.15) is 19.0 Å². The third kappa shape index (κ3) is 5.95. The van der Waals surface area contributed by atoms with Crippen molar-refractivity contribution in [3.63, 3.8) is 0 Å². The summed E-state index contributed by atoms with van der Waals surface area (Å²) in [5, 5.41) is 8.55. The quantitative estimate of drug-likeness (QED) is 0.674. The summed E-state index contributed by atoms with van der Waals surface area (Å²) >= 11 is 0. The third-order valence-electron chi connectivity index (χ3n) is 2.49. The lowest BCUT2D eigenvalue weighted by Gasteiger charge is -2.07. The minimum Gasteiger partial charge on any atom is -0.481 e. The molecule has 0 aliphatic rings. The fourth-order valence-corrected chi connectivity index (χ4v) is 2.43. The highest BCUT2D eigenvalue weighted by Gasteiger charge is 2.14. The number of hydrogen-bond acceptors (Lipinski definition) is 5. The van der Waals surface area contributed by atoms with Crippen LogP contribution in [0.15, 0.2) is 29.2 Å². The number of sulfonamides is 1. The van der Waals surface area contributed by atoms with E-state index in [0.29, 0.717) is 5.75 Å². The van der Waals surface area contributed by atoms with Crippen molar-refractivity contribution in [1.29, 1.82) is 0 Å². The van der Waals surface area contributed by atoms with Crippen LogP contribution in [0.3, 0.4) is 0 Å². The second-order valence-electron chi connectivity index (χ2n) is 4.03. The van der Waals surface area contributed by atoms with Crippen molar-refractivity contribution in [2.45, 2.75) is 18.2 Å². The Bertz CT molecular complexity index is 626. The second kappa shape index (κ2) is 8.42. The highest BCUT2D eigenvalue weighted by atomic mass is 32.2. The van der Waals surface area contributed by atoms with Crippen molar-refractivity contribution < 1.29 is 23.1 Å². The van der Waals surface area contributed by atoms with Crippen molar-refractivity contribution in [2.24, 2.45) is 0 Å². The van der Waals surface area contributed by atoms with Gasteiger partial charge in [-0.1, -0.05) is 5.92 Å². The molecule has 1 aromatic rings. The van der Waals surface area contributed by atoms with Gasteiger partial charge in [-0.25, -0.2) is 13.1 Å². The van der Waals surface area contributed by atoms with Crippen LogP contribution in [0.1, 0.15) is 13.3 Å². The minimum absolute atomic E-state index is 0.0490. The fourth-order valence-electron chi connectivity index (χ4n) is 1.39. The lowest BCUT2D eigenvalue weighted by atomic mass is 10.3. The number of ether oxygens (including phenoxy) is 1. The zero-order valence-electron chi connectivity index (χ0n) is 11.6. The van der Waals surface area contributed by atoms with Crippen LogP contribution in [-0.2, 0) is 14.8 Å². The summed E-state index contributed by atoms with van der Waals surface area (Å²) in [6.07, 6.45) is -0.0490. The Morgan fingerprint density at radius 1 is 1.33 bits per heavy atom. The van der Waals surface area contributed by atoms with E-state index >= 15 is 0 Å². The smallest absolute Gasteiger partial charge is 0.240 e. The van der Waals surface area contributed by atoms with E-state index in [2.05, 4.69) is 16.6 Å². The van der Waals surface area contributed by atoms with Crippen molar-refractivity contribution in [3.05, 3.63) is 24.3 Å². The van der Waals surface area contributed by atoms with Crippen LogP contribution >= 0.6 is 0 Å². The molecule has 1 aromatic carbocycles. The van der Waals surface area contributed by atoms with Crippen LogP contribution in [0, 0.1) is 11.8 Å². The van der Waals surface area contributed by atoms with E-state index in [-0.39, 0.29) is 24.5 Å². The number of benzene rings is 1. The first-order valence-corrected chi connectivity index (χ1v) is 7.72. The van der Waals surface area contributed by atoms with Crippen molar-refractivity contribution >= 4 is 15.8 Å². The maximum Gasteiger partial charge on any atom is 0.240 e. The van der Waals surface area contributed by atoms with E-state index in [1.165, 1.54) is 24.3 Å². The van der Waals surface area contributed by atoms with Gasteiger partial charge in [0.25, 0.3) is 0 Å². The predicted octanol–water partition coefficient (Wildman–Crippen LogP) is 0.319. The van der Waals surface area contributed by atoms with E-state index in [0.717, 1.165) is 0 Å². The summed E-state index contributed by atoms with van der Waals surface area (Å²) < 4.78 is 31.4. The highest BCUT2D eigenvalue weighted by molar-refractivity contribution is 7.89. The SMILES string of the molecule is CC#CCOc1ccc(S(=O)(=O)NCCC(=O)CO)cc1. The summed E-state index contributed by atoms with van der Waals surface area (Å²) in [7, 11) is -3.67. The van der Waals surface area contributed by atoms with Gasteiger partial charge >= 0.3 is 0 Å². The van der Waals surface area contributed by atoms with Gasteiger partial charge in [-0.05, 0) is 31.2 Å². The van der Waals surface area contributed by atoms with Gasteiger partial charge < -0.3 is 9.84 Å². The fraction of sp³-hybridized carbons (Fsp3) is 0.357. The summed E-state index contributed by atoms with van der Waals surface area (Å²) in [5.74, 6) is 5.52. The van der Waals surface area contributed by atoms with Crippen LogP contribution in [0.25, 0.3) is 0 Å². The molecule has 21 heavy (non-hydrogen) atoms. The van der Waals surface area contributed by atoms with Crippen LogP contribution in [0.4, 0.5) is 0 Å². The summed E-state index contributed by atoms with van der Waals surface area (Å²) in [5.41, 5.74) is 0. The molecule has 0 heterocycles. The van der Waals surface area contributed by atoms with Crippen molar-refractivity contribution in [2.75, 3.05) is 19.8 Å². The number of rotatable bonds is 8. The lowest BCUT2D eigenvalue weighted by Crippen LogP contribution is -2.26. The van der Waals surface area contributed by atoms with Gasteiger partial charge in [0, 0.05) is 13.0 Å². The molecule has 0 unspecified atom stereocenters. The standard InChI is InChI=1S/C14H17NO5S/c1-2-3-10-20-13-4-6-14(7-5-13)21(18,19)15-9-8-12(17)11-16/h4-7,15-16H,8-11H2,1H3. The highest BCUT2D eigenvalue weighted by Crippen LogP contribution is 2.15. The first-order valence-electron chi connectivity index (χ1n) is 6.24. The number of aliphatic hydroxyl groups excluding tert-OH is 1. The maximum absolute atomic E-state index is 11.9. The monoisotopic (exact) mass is 311 g/mol. The van der Waals surface area contributed by atoms with Crippen LogP contribution < -0.4 is 9.46 Å². The molecular weight excluding hydrogens is 294 g/mol. The van der Waals surface area contributed by atoms with Crippen LogP contribution in [0.2, 0.25) is 0 Å². The Morgan fingerprint density at radius 3 is 2.57 bits per heavy atom. The Labute approximate surface area is 124 Å². The molecule has 0 radical (unpaired) electrons. The lowest BCUT2D eigenvalue weighted by molar-refractivity contribution is -0.121. The molecule has 0 aliphatic carbocycles. The first-order chi connectivity index (χ1) is 9.99. The van der Waals surface area contributed by atoms with Gasteiger partial charge in [0.05, 0.1) is 4.90 Å². The molecule has 2 N–H and O–H groups in total. The third-order valence-corrected chi connectivity index (χ3v) is 3.97. The molecule has 0 saturated carbocycles. The molecule has 114 valence electrons. The van der Waals surface area contributed by atoms with Gasteiger partial charge in [-0.15, -0.1) is 5.92 Å². The molecule has 0 spiro atoms. The van der Waals surface area contributed by atoms with Crippen molar-refractivity contribution in [3.8, 4) is 17.6 Å². The normalized spacial score (nSPS) is 10.6. The predicted molar refractivity (Wildman–Crippen MR) is 77.3 cm³/mol. The number of hydrogen-bond donors (Lipinski definition) is 2. The molecule has 0 fully saturated rings. The molecule has 0 bridgehead atoms. The van der Waals surface area contributed by atoms with E-state index in [1.807, 2.05) is 0 Å². The van der Waals surface area contributed by atoms with Gasteiger partial charge in [-0.3, -0.25) is 4.79 Å². The number of carbonyl (C=O) groups excluding carboxylic acids is 1. The molecule has 7 heteroatoms. The van der Waals surface area contributed by atoms with E-state index in [1.54, 1.807) is 6.92 Å². The summed E-state index contributed by atoms with van der Waals surface area (Å²) in [6.45, 7) is 1.30.